The summed E-state index contributed by atoms with van der Waals surface area (Å²) in [7, 11) is -2.09. The SMILES string of the molecule is COc1cc(C)cc(C)c1S(=O)(=O)NCCCN.Cl. The van der Waals surface area contributed by atoms with Crippen LogP contribution in [0.4, 0.5) is 0 Å². The van der Waals surface area contributed by atoms with Crippen LogP contribution in [0.3, 0.4) is 0 Å². The van der Waals surface area contributed by atoms with Crippen molar-refractivity contribution in [2.45, 2.75) is 25.2 Å². The minimum Gasteiger partial charge on any atom is -0.495 e. The number of sulfonamides is 1. The average molecular weight is 309 g/mol. The average Bonchev–Trinajstić information content (AvgIpc) is 2.27. The number of benzene rings is 1. The van der Waals surface area contributed by atoms with E-state index in [1.807, 2.05) is 13.0 Å². The third-order valence-electron chi connectivity index (χ3n) is 2.55. The highest BCUT2D eigenvalue weighted by Gasteiger charge is 2.21. The number of nitrogens with two attached hydrogens (primary N) is 1. The summed E-state index contributed by atoms with van der Waals surface area (Å²) in [6.45, 7) is 4.43. The molecule has 110 valence electrons. The first-order valence-electron chi connectivity index (χ1n) is 5.77. The van der Waals surface area contributed by atoms with Gasteiger partial charge in [0.1, 0.15) is 10.6 Å². The highest BCUT2D eigenvalue weighted by Crippen LogP contribution is 2.28. The fourth-order valence-electron chi connectivity index (χ4n) is 1.79. The van der Waals surface area contributed by atoms with Crippen LogP contribution in [0.5, 0.6) is 5.75 Å². The number of methoxy groups -OCH3 is 1. The molecule has 0 saturated carbocycles. The zero-order chi connectivity index (χ0) is 13.8. The molecule has 0 fully saturated rings. The van der Waals surface area contributed by atoms with Crippen LogP contribution in [0.15, 0.2) is 17.0 Å². The van der Waals surface area contributed by atoms with Crippen LogP contribution >= 0.6 is 12.4 Å². The Morgan fingerprint density at radius 2 is 1.95 bits per heavy atom. The molecule has 7 heteroatoms. The van der Waals surface area contributed by atoms with Crippen LogP contribution in [-0.2, 0) is 10.0 Å². The minimum atomic E-state index is -3.55. The smallest absolute Gasteiger partial charge is 0.244 e. The molecule has 0 unspecified atom stereocenters. The first-order chi connectivity index (χ1) is 8.42. The number of nitrogens with one attached hydrogen (secondary N) is 1. The maximum absolute atomic E-state index is 12.2. The maximum Gasteiger partial charge on any atom is 0.244 e. The molecule has 0 amide bonds. The molecule has 0 heterocycles. The minimum absolute atomic E-state index is 0. The van der Waals surface area contributed by atoms with Gasteiger partial charge in [-0.2, -0.15) is 0 Å². The van der Waals surface area contributed by atoms with Gasteiger partial charge in [-0.3, -0.25) is 0 Å². The van der Waals surface area contributed by atoms with Gasteiger partial charge in [-0.1, -0.05) is 6.07 Å². The Morgan fingerprint density at radius 3 is 2.47 bits per heavy atom. The van der Waals surface area contributed by atoms with E-state index >= 15 is 0 Å². The highest BCUT2D eigenvalue weighted by atomic mass is 35.5. The van der Waals surface area contributed by atoms with Crippen molar-refractivity contribution in [1.82, 2.24) is 4.72 Å². The quantitative estimate of drug-likeness (QED) is 0.778. The standard InChI is InChI=1S/C12H20N2O3S.ClH/c1-9-7-10(2)12(11(8-9)17-3)18(15,16)14-6-4-5-13;/h7-8,14H,4-6,13H2,1-3H3;1H. The summed E-state index contributed by atoms with van der Waals surface area (Å²) in [6.07, 6.45) is 0.604. The summed E-state index contributed by atoms with van der Waals surface area (Å²) >= 11 is 0. The van der Waals surface area contributed by atoms with Crippen molar-refractivity contribution in [3.8, 4) is 5.75 Å². The van der Waals surface area contributed by atoms with Gasteiger partial charge < -0.3 is 10.5 Å². The lowest BCUT2D eigenvalue weighted by Gasteiger charge is -2.14. The number of halogens is 1. The summed E-state index contributed by atoms with van der Waals surface area (Å²) in [6, 6.07) is 3.53. The number of rotatable bonds is 6. The van der Waals surface area contributed by atoms with Crippen molar-refractivity contribution in [3.63, 3.8) is 0 Å². The van der Waals surface area contributed by atoms with Gasteiger partial charge in [-0.15, -0.1) is 12.4 Å². The summed E-state index contributed by atoms with van der Waals surface area (Å²) in [4.78, 5) is 0.202. The number of ether oxygens (including phenoxy) is 1. The van der Waals surface area contributed by atoms with Crippen molar-refractivity contribution >= 4 is 22.4 Å². The van der Waals surface area contributed by atoms with Crippen LogP contribution in [0.1, 0.15) is 17.5 Å². The van der Waals surface area contributed by atoms with E-state index in [-0.39, 0.29) is 17.3 Å². The van der Waals surface area contributed by atoms with Gasteiger partial charge in [0.25, 0.3) is 0 Å². The first kappa shape index (κ1) is 18.2. The van der Waals surface area contributed by atoms with Crippen LogP contribution < -0.4 is 15.2 Å². The topological polar surface area (TPSA) is 81.4 Å². The number of hydrogen-bond acceptors (Lipinski definition) is 4. The zero-order valence-corrected chi connectivity index (χ0v) is 13.0. The molecule has 0 aromatic heterocycles. The van der Waals surface area contributed by atoms with Gasteiger partial charge >= 0.3 is 0 Å². The molecule has 5 nitrogen and oxygen atoms in total. The lowest BCUT2D eigenvalue weighted by molar-refractivity contribution is 0.401. The van der Waals surface area contributed by atoms with Gasteiger partial charge in [0.05, 0.1) is 7.11 Å². The summed E-state index contributed by atoms with van der Waals surface area (Å²) in [5.41, 5.74) is 6.98. The molecule has 0 atom stereocenters. The second-order valence-electron chi connectivity index (χ2n) is 4.15. The van der Waals surface area contributed by atoms with Crippen LogP contribution in [0.2, 0.25) is 0 Å². The van der Waals surface area contributed by atoms with Gasteiger partial charge in [-0.05, 0) is 44.0 Å². The predicted octanol–water partition coefficient (Wildman–Crippen LogP) is 1.36. The molecule has 0 aliphatic rings. The second kappa shape index (κ2) is 7.69. The molecule has 1 aromatic rings. The van der Waals surface area contributed by atoms with Gasteiger partial charge in [-0.25, -0.2) is 13.1 Å². The third-order valence-corrected chi connectivity index (χ3v) is 4.19. The number of hydrogen-bond donors (Lipinski definition) is 2. The molecule has 19 heavy (non-hydrogen) atoms. The van der Waals surface area contributed by atoms with Crippen LogP contribution in [0, 0.1) is 13.8 Å². The molecule has 0 aliphatic carbocycles. The van der Waals surface area contributed by atoms with Crippen molar-refractivity contribution in [2.24, 2.45) is 5.73 Å². The van der Waals surface area contributed by atoms with Gasteiger partial charge in [0.15, 0.2) is 0 Å². The van der Waals surface area contributed by atoms with Crippen molar-refractivity contribution in [3.05, 3.63) is 23.3 Å². The Labute approximate surface area is 121 Å². The largest absolute Gasteiger partial charge is 0.495 e. The van der Waals surface area contributed by atoms with E-state index in [1.165, 1.54) is 7.11 Å². The fraction of sp³-hybridized carbons (Fsp3) is 0.500. The van der Waals surface area contributed by atoms with Gasteiger partial charge in [0.2, 0.25) is 10.0 Å². The first-order valence-corrected chi connectivity index (χ1v) is 7.25. The molecule has 0 spiro atoms. The van der Waals surface area contributed by atoms with Crippen molar-refractivity contribution < 1.29 is 13.2 Å². The maximum atomic E-state index is 12.2. The van der Waals surface area contributed by atoms with Gasteiger partial charge in [0, 0.05) is 6.54 Å². The van der Waals surface area contributed by atoms with Crippen LogP contribution in [0.25, 0.3) is 0 Å². The van der Waals surface area contributed by atoms with E-state index in [2.05, 4.69) is 4.72 Å². The molecule has 0 aliphatic heterocycles. The predicted molar refractivity (Wildman–Crippen MR) is 78.6 cm³/mol. The summed E-state index contributed by atoms with van der Waals surface area (Å²) in [5, 5.41) is 0. The fourth-order valence-corrected chi connectivity index (χ4v) is 3.24. The number of aryl methyl sites for hydroxylation is 2. The van der Waals surface area contributed by atoms with Crippen molar-refractivity contribution in [2.75, 3.05) is 20.2 Å². The van der Waals surface area contributed by atoms with E-state index in [4.69, 9.17) is 10.5 Å². The molecule has 3 N–H and O–H groups in total. The summed E-state index contributed by atoms with van der Waals surface area (Å²) in [5.74, 6) is 0.368. The Balaban J connectivity index is 0.00000324. The Bertz CT molecular complexity index is 518. The highest BCUT2D eigenvalue weighted by molar-refractivity contribution is 7.89. The third kappa shape index (κ3) is 4.65. The van der Waals surface area contributed by atoms with E-state index in [0.29, 0.717) is 30.8 Å². The zero-order valence-electron chi connectivity index (χ0n) is 11.4. The molecule has 1 aromatic carbocycles. The molecule has 0 radical (unpaired) electrons. The second-order valence-corrected chi connectivity index (χ2v) is 5.86. The lowest BCUT2D eigenvalue weighted by atomic mass is 10.1. The Hall–Kier alpha value is -0.820. The Morgan fingerprint density at radius 1 is 1.32 bits per heavy atom. The molecule has 1 rings (SSSR count). The van der Waals surface area contributed by atoms with E-state index in [1.54, 1.807) is 13.0 Å². The lowest BCUT2D eigenvalue weighted by Crippen LogP contribution is -2.27. The Kier molecular flexibility index (Phi) is 7.36. The monoisotopic (exact) mass is 308 g/mol. The molecule has 0 saturated heterocycles. The van der Waals surface area contributed by atoms with E-state index in [0.717, 1.165) is 5.56 Å². The molecule has 0 bridgehead atoms. The normalized spacial score (nSPS) is 10.9. The molecular formula is C12H21ClN2O3S. The molecular weight excluding hydrogens is 288 g/mol. The van der Waals surface area contributed by atoms with E-state index < -0.39 is 10.0 Å². The van der Waals surface area contributed by atoms with Crippen LogP contribution in [-0.4, -0.2) is 28.6 Å². The summed E-state index contributed by atoms with van der Waals surface area (Å²) < 4.78 is 32.1. The van der Waals surface area contributed by atoms with Crippen molar-refractivity contribution in [1.29, 1.82) is 0 Å². The van der Waals surface area contributed by atoms with E-state index in [9.17, 15) is 8.42 Å².